The number of carbonyl (C=O) groups is 1. The first-order valence-electron chi connectivity index (χ1n) is 5.23. The minimum Gasteiger partial charge on any atom is -0.344 e. The van der Waals surface area contributed by atoms with Gasteiger partial charge in [0, 0.05) is 12.7 Å². The molecule has 1 saturated heterocycles. The Morgan fingerprint density at radius 1 is 1.25 bits per heavy atom. The monoisotopic (exact) mass is 262 g/mol. The molecule has 1 N–H and O–H groups in total. The first-order valence-corrected chi connectivity index (χ1v) is 5.23. The summed E-state index contributed by atoms with van der Waals surface area (Å²) >= 11 is 0. The topological polar surface area (TPSA) is 34.0 Å². The van der Waals surface area contributed by atoms with E-state index < -0.39 is 0 Å². The van der Waals surface area contributed by atoms with Crippen molar-refractivity contribution in [2.24, 2.45) is 5.41 Å². The maximum atomic E-state index is 12.2. The number of carbonyl (C=O) groups excluding carboxylic acids is 1. The summed E-state index contributed by atoms with van der Waals surface area (Å²) in [5, 5.41) is 3.31. The Hall–Kier alpha value is -0.510. The van der Waals surface area contributed by atoms with E-state index in [-0.39, 0.29) is 30.2 Å². The highest BCUT2D eigenvalue weighted by atomic mass is 35.5. The van der Waals surface area contributed by atoms with E-state index in [1.165, 1.54) is 0 Å². The van der Waals surface area contributed by atoms with Gasteiger partial charge < -0.3 is 9.88 Å². The van der Waals surface area contributed by atoms with E-state index in [2.05, 4.69) is 9.88 Å². The zero-order valence-corrected chi connectivity index (χ0v) is 10.6. The highest BCUT2D eigenvalue weighted by molar-refractivity contribution is 6.01. The van der Waals surface area contributed by atoms with E-state index in [1.807, 2.05) is 18.3 Å². The van der Waals surface area contributed by atoms with E-state index in [9.17, 15) is 4.79 Å². The minimum atomic E-state index is -0.0676. The van der Waals surface area contributed by atoms with Crippen LogP contribution in [-0.4, -0.2) is 23.4 Å². The van der Waals surface area contributed by atoms with Crippen LogP contribution >= 0.6 is 24.8 Å². The van der Waals surface area contributed by atoms with Crippen molar-refractivity contribution in [3.63, 3.8) is 0 Å². The summed E-state index contributed by atoms with van der Waals surface area (Å²) in [6.07, 6.45) is 4.01. The van der Waals surface area contributed by atoms with E-state index in [1.54, 1.807) is 0 Å². The van der Waals surface area contributed by atoms with Crippen LogP contribution in [0.15, 0.2) is 18.3 Å². The van der Waals surface area contributed by atoms with Crippen molar-refractivity contribution in [2.75, 3.05) is 13.1 Å². The van der Waals surface area contributed by atoms with Gasteiger partial charge in [0.2, 0.25) is 0 Å². The first-order chi connectivity index (χ1) is 6.82. The summed E-state index contributed by atoms with van der Waals surface area (Å²) in [7, 11) is 0. The molecule has 2 aliphatic heterocycles. The van der Waals surface area contributed by atoms with Crippen LogP contribution in [0.2, 0.25) is 0 Å². The molecular weight excluding hydrogens is 247 g/mol. The van der Waals surface area contributed by atoms with Gasteiger partial charge in [-0.3, -0.25) is 4.79 Å². The highest BCUT2D eigenvalue weighted by Gasteiger charge is 2.45. The summed E-state index contributed by atoms with van der Waals surface area (Å²) in [6, 6.07) is 3.90. The molecule has 1 aromatic rings. The summed E-state index contributed by atoms with van der Waals surface area (Å²) in [5.74, 6) is 0.365. The molecule has 1 aromatic heterocycles. The van der Waals surface area contributed by atoms with Crippen LogP contribution in [0.5, 0.6) is 0 Å². The maximum absolute atomic E-state index is 12.2. The van der Waals surface area contributed by atoms with Crippen LogP contribution in [0, 0.1) is 5.41 Å². The lowest BCUT2D eigenvalue weighted by atomic mass is 9.76. The number of hydrogen-bond donors (Lipinski definition) is 1. The van der Waals surface area contributed by atoms with Crippen molar-refractivity contribution < 1.29 is 4.79 Å². The Labute approximate surface area is 107 Å². The largest absolute Gasteiger partial charge is 0.344 e. The predicted molar refractivity (Wildman–Crippen MR) is 67.8 cm³/mol. The number of nitrogens with one attached hydrogen (secondary N) is 1. The zero-order chi connectivity index (χ0) is 9.60. The van der Waals surface area contributed by atoms with Gasteiger partial charge in [-0.1, -0.05) is 0 Å². The molecule has 0 amide bonds. The average Bonchev–Trinajstić information content (AvgIpc) is 2.73. The van der Waals surface area contributed by atoms with Crippen LogP contribution in [0.25, 0.3) is 0 Å². The van der Waals surface area contributed by atoms with Crippen LogP contribution in [0.3, 0.4) is 0 Å². The Balaban J connectivity index is 0.000000640. The van der Waals surface area contributed by atoms with Gasteiger partial charge in [0.05, 0.1) is 11.1 Å². The van der Waals surface area contributed by atoms with Gasteiger partial charge in [0.1, 0.15) is 0 Å². The van der Waals surface area contributed by atoms with Crippen LogP contribution in [0.4, 0.5) is 0 Å². The van der Waals surface area contributed by atoms with Crippen molar-refractivity contribution in [2.45, 2.75) is 19.4 Å². The van der Waals surface area contributed by atoms with Crippen molar-refractivity contribution in [1.82, 2.24) is 9.88 Å². The summed E-state index contributed by atoms with van der Waals surface area (Å²) in [4.78, 5) is 12.2. The number of ketones is 1. The molecule has 0 radical (unpaired) electrons. The number of Topliss-reactive ketones (excluding diaryl/α,β-unsaturated/α-hetero) is 1. The number of rotatable bonds is 0. The molecule has 0 saturated carbocycles. The van der Waals surface area contributed by atoms with Crippen molar-refractivity contribution in [1.29, 1.82) is 0 Å². The number of fused-ring (bicyclic) bond motifs is 1. The van der Waals surface area contributed by atoms with Gasteiger partial charge in [-0.2, -0.15) is 0 Å². The number of aromatic nitrogens is 1. The fraction of sp³-hybridized carbons (Fsp3) is 0.545. The van der Waals surface area contributed by atoms with E-state index >= 15 is 0 Å². The van der Waals surface area contributed by atoms with E-state index in [4.69, 9.17) is 0 Å². The smallest absolute Gasteiger partial charge is 0.187 e. The highest BCUT2D eigenvalue weighted by Crippen LogP contribution is 2.39. The standard InChI is InChI=1S/C11H14N2O.2ClH/c14-10-9-2-1-7-13(9)8-11(10)3-5-12-6-4-11;;/h1-2,7,12H,3-6,8H2;2*1H. The number of piperidine rings is 1. The molecule has 5 heteroatoms. The number of nitrogens with zero attached hydrogens (tertiary/aromatic N) is 1. The fourth-order valence-electron chi connectivity index (χ4n) is 2.72. The molecule has 3 rings (SSSR count). The SMILES string of the molecule is Cl.Cl.O=C1c2cccn2CC12CCNCC2. The second-order valence-corrected chi connectivity index (χ2v) is 4.38. The molecule has 0 unspecified atom stereocenters. The second-order valence-electron chi connectivity index (χ2n) is 4.38. The molecule has 0 aromatic carbocycles. The van der Waals surface area contributed by atoms with Gasteiger partial charge in [0.25, 0.3) is 0 Å². The maximum Gasteiger partial charge on any atom is 0.187 e. The van der Waals surface area contributed by atoms with Crippen LogP contribution < -0.4 is 5.32 Å². The predicted octanol–water partition coefficient (Wildman–Crippen LogP) is 1.90. The molecule has 3 heterocycles. The molecule has 16 heavy (non-hydrogen) atoms. The average molecular weight is 263 g/mol. The van der Waals surface area contributed by atoms with Gasteiger partial charge in [-0.05, 0) is 38.1 Å². The van der Waals surface area contributed by atoms with E-state index in [0.29, 0.717) is 5.78 Å². The van der Waals surface area contributed by atoms with Crippen molar-refractivity contribution in [3.05, 3.63) is 24.0 Å². The molecule has 0 bridgehead atoms. The third-order valence-electron chi connectivity index (χ3n) is 3.58. The minimum absolute atomic E-state index is 0. The second kappa shape index (κ2) is 4.78. The molecule has 1 spiro atoms. The van der Waals surface area contributed by atoms with Crippen molar-refractivity contribution in [3.8, 4) is 0 Å². The third-order valence-corrected chi connectivity index (χ3v) is 3.58. The summed E-state index contributed by atoms with van der Waals surface area (Å²) in [6.45, 7) is 2.86. The van der Waals surface area contributed by atoms with Gasteiger partial charge in [-0.25, -0.2) is 0 Å². The van der Waals surface area contributed by atoms with Gasteiger partial charge >= 0.3 is 0 Å². The lowest BCUT2D eigenvalue weighted by Gasteiger charge is -2.31. The first kappa shape index (κ1) is 13.6. The third kappa shape index (κ3) is 1.77. The van der Waals surface area contributed by atoms with Gasteiger partial charge in [0.15, 0.2) is 5.78 Å². The summed E-state index contributed by atoms with van der Waals surface area (Å²) < 4.78 is 2.10. The Morgan fingerprint density at radius 3 is 2.56 bits per heavy atom. The zero-order valence-electron chi connectivity index (χ0n) is 8.94. The Morgan fingerprint density at radius 2 is 1.94 bits per heavy atom. The van der Waals surface area contributed by atoms with Crippen LogP contribution in [-0.2, 0) is 6.54 Å². The summed E-state index contributed by atoms with van der Waals surface area (Å²) in [5.41, 5.74) is 0.842. The van der Waals surface area contributed by atoms with Crippen LogP contribution in [0.1, 0.15) is 23.3 Å². The Kier molecular flexibility index (Phi) is 4.05. The normalized spacial score (nSPS) is 21.1. The van der Waals surface area contributed by atoms with Gasteiger partial charge in [-0.15, -0.1) is 24.8 Å². The lowest BCUT2D eigenvalue weighted by Crippen LogP contribution is -2.40. The molecule has 2 aliphatic rings. The Bertz CT molecular complexity index is 383. The molecule has 3 nitrogen and oxygen atoms in total. The van der Waals surface area contributed by atoms with Crippen molar-refractivity contribution >= 4 is 30.6 Å². The molecule has 0 aliphatic carbocycles. The molecular formula is C11H16Cl2N2O. The molecule has 1 fully saturated rings. The number of hydrogen-bond acceptors (Lipinski definition) is 2. The quantitative estimate of drug-likeness (QED) is 0.775. The lowest BCUT2D eigenvalue weighted by molar-refractivity contribution is 0.0752. The molecule has 90 valence electrons. The molecule has 0 atom stereocenters. The fourth-order valence-corrected chi connectivity index (χ4v) is 2.72. The van der Waals surface area contributed by atoms with E-state index in [0.717, 1.165) is 38.2 Å². The number of halogens is 2.